The largest absolute Gasteiger partial charge is 0.482 e. The van der Waals surface area contributed by atoms with Crippen LogP contribution in [0.25, 0.3) is 0 Å². The summed E-state index contributed by atoms with van der Waals surface area (Å²) in [5, 5.41) is 2.82. The predicted octanol–water partition coefficient (Wildman–Crippen LogP) is 4.77. The highest BCUT2D eigenvalue weighted by Crippen LogP contribution is 2.36. The molecule has 29 heavy (non-hydrogen) atoms. The lowest BCUT2D eigenvalue weighted by atomic mass is 10.1. The lowest BCUT2D eigenvalue weighted by Gasteiger charge is -2.30. The van der Waals surface area contributed by atoms with Crippen molar-refractivity contribution in [3.63, 3.8) is 0 Å². The van der Waals surface area contributed by atoms with Crippen LogP contribution in [0.3, 0.4) is 0 Å². The number of ether oxygens (including phenoxy) is 1. The molecular weight excluding hydrogens is 439 g/mol. The van der Waals surface area contributed by atoms with E-state index in [0.717, 1.165) is 0 Å². The first-order chi connectivity index (χ1) is 14.0. The van der Waals surface area contributed by atoms with Crippen LogP contribution in [0.1, 0.15) is 15.9 Å². The van der Waals surface area contributed by atoms with Crippen LogP contribution in [0.15, 0.2) is 71.2 Å². The molecule has 0 saturated heterocycles. The minimum atomic E-state index is -0.383. The molecule has 0 fully saturated rings. The number of fused-ring (bicyclic) bond motifs is 1. The Morgan fingerprint density at radius 1 is 1.10 bits per heavy atom. The van der Waals surface area contributed by atoms with Gasteiger partial charge in [-0.2, -0.15) is 0 Å². The Hall–Kier alpha value is -3.19. The molecular formula is C22H16BrFN2O3. The molecule has 4 rings (SSSR count). The summed E-state index contributed by atoms with van der Waals surface area (Å²) in [6.07, 6.45) is 0. The minimum absolute atomic E-state index is 0.0729. The van der Waals surface area contributed by atoms with Gasteiger partial charge in [-0.1, -0.05) is 30.3 Å². The lowest BCUT2D eigenvalue weighted by Crippen LogP contribution is -2.38. The number of rotatable bonds is 4. The van der Waals surface area contributed by atoms with Crippen molar-refractivity contribution in [2.45, 2.75) is 6.54 Å². The Morgan fingerprint density at radius 2 is 1.86 bits per heavy atom. The second kappa shape index (κ2) is 8.05. The van der Waals surface area contributed by atoms with Gasteiger partial charge in [0.2, 0.25) is 0 Å². The van der Waals surface area contributed by atoms with E-state index in [0.29, 0.717) is 32.7 Å². The molecule has 1 N–H and O–H groups in total. The normalized spacial score (nSPS) is 12.9. The number of carbonyl (C=O) groups is 2. The van der Waals surface area contributed by atoms with E-state index in [2.05, 4.69) is 21.2 Å². The fraction of sp³-hybridized carbons (Fsp3) is 0.0909. The Balaban J connectivity index is 1.63. The lowest BCUT2D eigenvalue weighted by molar-refractivity contribution is -0.121. The summed E-state index contributed by atoms with van der Waals surface area (Å²) in [6, 6.07) is 18.4. The van der Waals surface area contributed by atoms with Crippen LogP contribution < -0.4 is 15.0 Å². The molecule has 0 aromatic heterocycles. The van der Waals surface area contributed by atoms with Gasteiger partial charge in [-0.05, 0) is 52.3 Å². The zero-order valence-electron chi connectivity index (χ0n) is 15.2. The predicted molar refractivity (Wildman–Crippen MR) is 112 cm³/mol. The Morgan fingerprint density at radius 3 is 2.66 bits per heavy atom. The maximum absolute atomic E-state index is 14.1. The average molecular weight is 455 g/mol. The van der Waals surface area contributed by atoms with Crippen LogP contribution in [0.4, 0.5) is 15.8 Å². The highest BCUT2D eigenvalue weighted by atomic mass is 79.9. The van der Waals surface area contributed by atoms with Gasteiger partial charge in [-0.25, -0.2) is 4.39 Å². The number of benzene rings is 3. The first kappa shape index (κ1) is 19.1. The molecule has 3 aromatic rings. The van der Waals surface area contributed by atoms with E-state index in [-0.39, 0.29) is 30.8 Å². The molecule has 0 aliphatic carbocycles. The van der Waals surface area contributed by atoms with Crippen LogP contribution in [-0.2, 0) is 11.3 Å². The van der Waals surface area contributed by atoms with Gasteiger partial charge in [-0.15, -0.1) is 0 Å². The minimum Gasteiger partial charge on any atom is -0.482 e. The maximum Gasteiger partial charge on any atom is 0.265 e. The molecule has 0 radical (unpaired) electrons. The van der Waals surface area contributed by atoms with Crippen molar-refractivity contribution in [1.82, 2.24) is 0 Å². The van der Waals surface area contributed by atoms with Crippen molar-refractivity contribution >= 4 is 39.1 Å². The van der Waals surface area contributed by atoms with E-state index in [9.17, 15) is 14.0 Å². The number of anilines is 2. The Labute approximate surface area is 175 Å². The second-order valence-corrected chi connectivity index (χ2v) is 7.33. The van der Waals surface area contributed by atoms with Gasteiger partial charge < -0.3 is 15.0 Å². The van der Waals surface area contributed by atoms with Gasteiger partial charge in [0.1, 0.15) is 11.6 Å². The fourth-order valence-corrected chi connectivity index (χ4v) is 3.56. The van der Waals surface area contributed by atoms with Crippen molar-refractivity contribution in [1.29, 1.82) is 0 Å². The third-order valence-corrected chi connectivity index (χ3v) is 5.26. The smallest absolute Gasteiger partial charge is 0.265 e. The highest BCUT2D eigenvalue weighted by molar-refractivity contribution is 9.10. The zero-order chi connectivity index (χ0) is 20.4. The van der Waals surface area contributed by atoms with Gasteiger partial charge in [0.05, 0.1) is 17.8 Å². The topological polar surface area (TPSA) is 58.6 Å². The summed E-state index contributed by atoms with van der Waals surface area (Å²) >= 11 is 3.36. The quantitative estimate of drug-likeness (QED) is 0.617. The van der Waals surface area contributed by atoms with Gasteiger partial charge in [0.25, 0.3) is 11.8 Å². The van der Waals surface area contributed by atoms with E-state index in [1.54, 1.807) is 54.6 Å². The van der Waals surface area contributed by atoms with Crippen molar-refractivity contribution in [3.05, 3.63) is 88.1 Å². The van der Waals surface area contributed by atoms with Gasteiger partial charge in [0, 0.05) is 15.7 Å². The monoisotopic (exact) mass is 454 g/mol. The van der Waals surface area contributed by atoms with Gasteiger partial charge >= 0.3 is 0 Å². The summed E-state index contributed by atoms with van der Waals surface area (Å²) in [4.78, 5) is 26.5. The van der Waals surface area contributed by atoms with Crippen LogP contribution in [0, 0.1) is 5.82 Å². The van der Waals surface area contributed by atoms with Crippen LogP contribution in [0.2, 0.25) is 0 Å². The highest BCUT2D eigenvalue weighted by Gasteiger charge is 2.27. The Bertz CT molecular complexity index is 1100. The van der Waals surface area contributed by atoms with E-state index in [1.165, 1.54) is 11.0 Å². The number of amides is 2. The standard InChI is InChI=1S/C22H16BrFN2O3/c23-17-7-3-2-6-16(17)22(28)25-15-9-10-20-19(11-15)26(21(27)13-29-20)12-14-5-1-4-8-18(14)24/h1-11H,12-13H2,(H,25,28). The van der Waals surface area contributed by atoms with E-state index in [1.807, 2.05) is 6.07 Å². The van der Waals surface area contributed by atoms with Gasteiger partial charge in [0.15, 0.2) is 6.61 Å². The molecule has 1 aliphatic rings. The molecule has 0 bridgehead atoms. The maximum atomic E-state index is 14.1. The third kappa shape index (κ3) is 4.00. The first-order valence-corrected chi connectivity index (χ1v) is 9.69. The zero-order valence-corrected chi connectivity index (χ0v) is 16.8. The van der Waals surface area contributed by atoms with Crippen molar-refractivity contribution < 1.29 is 18.7 Å². The first-order valence-electron chi connectivity index (χ1n) is 8.89. The molecule has 0 unspecified atom stereocenters. The third-order valence-electron chi connectivity index (χ3n) is 4.56. The number of hydrogen-bond donors (Lipinski definition) is 1. The summed E-state index contributed by atoms with van der Waals surface area (Å²) in [5.74, 6) is -0.456. The van der Waals surface area contributed by atoms with Crippen molar-refractivity contribution in [3.8, 4) is 5.75 Å². The molecule has 0 atom stereocenters. The SMILES string of the molecule is O=C(Nc1ccc2c(c1)N(Cc1ccccc1F)C(=O)CO2)c1ccccc1Br. The van der Waals surface area contributed by atoms with Crippen LogP contribution in [0.5, 0.6) is 5.75 Å². The van der Waals surface area contributed by atoms with Gasteiger partial charge in [-0.3, -0.25) is 9.59 Å². The number of nitrogens with zero attached hydrogens (tertiary/aromatic N) is 1. The van der Waals surface area contributed by atoms with Crippen LogP contribution in [-0.4, -0.2) is 18.4 Å². The number of nitrogens with one attached hydrogen (secondary N) is 1. The molecule has 0 saturated carbocycles. The summed E-state index contributed by atoms with van der Waals surface area (Å²) in [6.45, 7) is -0.0480. The summed E-state index contributed by atoms with van der Waals surface area (Å²) in [7, 11) is 0. The number of halogens is 2. The average Bonchev–Trinajstić information content (AvgIpc) is 2.72. The summed E-state index contributed by atoms with van der Waals surface area (Å²) in [5.41, 5.74) is 1.87. The van der Waals surface area contributed by atoms with E-state index in [4.69, 9.17) is 4.74 Å². The second-order valence-electron chi connectivity index (χ2n) is 6.48. The van der Waals surface area contributed by atoms with E-state index >= 15 is 0 Å². The molecule has 1 aliphatic heterocycles. The number of hydrogen-bond acceptors (Lipinski definition) is 3. The fourth-order valence-electron chi connectivity index (χ4n) is 3.09. The molecule has 1 heterocycles. The molecule has 2 amide bonds. The molecule has 0 spiro atoms. The van der Waals surface area contributed by atoms with Crippen molar-refractivity contribution in [2.75, 3.05) is 16.8 Å². The summed E-state index contributed by atoms with van der Waals surface area (Å²) < 4.78 is 20.3. The van der Waals surface area contributed by atoms with E-state index < -0.39 is 0 Å². The molecule has 7 heteroatoms. The Kier molecular flexibility index (Phi) is 5.31. The molecule has 3 aromatic carbocycles. The van der Waals surface area contributed by atoms with Crippen LogP contribution >= 0.6 is 15.9 Å². The number of carbonyl (C=O) groups excluding carboxylic acids is 2. The molecule has 146 valence electrons. The molecule has 5 nitrogen and oxygen atoms in total. The van der Waals surface area contributed by atoms with Crippen molar-refractivity contribution in [2.24, 2.45) is 0 Å².